The van der Waals surface area contributed by atoms with E-state index >= 15 is 0 Å². The van der Waals surface area contributed by atoms with Crippen LogP contribution in [0.3, 0.4) is 0 Å². The normalized spacial score (nSPS) is 13.8. The first-order chi connectivity index (χ1) is 11.5. The van der Waals surface area contributed by atoms with Crippen LogP contribution in [0.1, 0.15) is 37.3 Å². The molecule has 1 aromatic heterocycles. The molecular weight excluding hydrogens is 312 g/mol. The number of benzene rings is 2. The summed E-state index contributed by atoms with van der Waals surface area (Å²) in [5.41, 5.74) is 1.03. The summed E-state index contributed by atoms with van der Waals surface area (Å²) in [6, 6.07) is 10.4. The van der Waals surface area contributed by atoms with Gasteiger partial charge in [0.25, 0.3) is 5.56 Å². The lowest BCUT2D eigenvalue weighted by Crippen LogP contribution is -2.26. The Morgan fingerprint density at radius 3 is 2.54 bits per heavy atom. The molecule has 0 radical (unpaired) electrons. The third kappa shape index (κ3) is 3.19. The van der Waals surface area contributed by atoms with Crippen LogP contribution in [0.15, 0.2) is 47.3 Å². The van der Waals surface area contributed by atoms with E-state index in [2.05, 4.69) is 15.3 Å². The second-order valence-corrected chi connectivity index (χ2v) is 5.75. The molecule has 0 saturated heterocycles. The molecule has 0 aliphatic carbocycles. The number of fused-ring (bicyclic) bond motifs is 1. The lowest BCUT2D eigenvalue weighted by molar-refractivity contribution is 0.468. The molecule has 0 unspecified atom stereocenters. The van der Waals surface area contributed by atoms with Crippen molar-refractivity contribution in [3.05, 3.63) is 75.8 Å². The standard InChI is InChI=1S/C18H17F2N3O/c1-10(12-7-8-14(19)15(20)9-12)21-11(2)17-22-16-6-4-3-5-13(16)18(24)23-17/h3-11,21H,1-2H3,(H,22,23,24)/t10-,11-/m0/s1. The smallest absolute Gasteiger partial charge is 0.258 e. The maximum atomic E-state index is 13.4. The van der Waals surface area contributed by atoms with Crippen molar-refractivity contribution in [1.82, 2.24) is 15.3 Å². The van der Waals surface area contributed by atoms with Gasteiger partial charge in [0, 0.05) is 6.04 Å². The first-order valence-corrected chi connectivity index (χ1v) is 7.65. The third-order valence-corrected chi connectivity index (χ3v) is 3.98. The molecular formula is C18H17F2N3O. The Bertz CT molecular complexity index is 939. The van der Waals surface area contributed by atoms with Crippen molar-refractivity contribution < 1.29 is 8.78 Å². The number of aromatic amines is 1. The number of aromatic nitrogens is 2. The summed E-state index contributed by atoms with van der Waals surface area (Å²) >= 11 is 0. The van der Waals surface area contributed by atoms with Crippen molar-refractivity contribution in [2.45, 2.75) is 25.9 Å². The van der Waals surface area contributed by atoms with Crippen LogP contribution in [0.5, 0.6) is 0 Å². The summed E-state index contributed by atoms with van der Waals surface area (Å²) in [5.74, 6) is -1.27. The second-order valence-electron chi connectivity index (χ2n) is 5.75. The van der Waals surface area contributed by atoms with E-state index in [0.717, 1.165) is 12.1 Å². The lowest BCUT2D eigenvalue weighted by Gasteiger charge is -2.20. The van der Waals surface area contributed by atoms with Crippen molar-refractivity contribution in [3.63, 3.8) is 0 Å². The van der Waals surface area contributed by atoms with Crippen LogP contribution in [0.2, 0.25) is 0 Å². The summed E-state index contributed by atoms with van der Waals surface area (Å²) in [4.78, 5) is 19.4. The van der Waals surface area contributed by atoms with Crippen molar-refractivity contribution >= 4 is 10.9 Å². The summed E-state index contributed by atoms with van der Waals surface area (Å²) in [6.07, 6.45) is 0. The van der Waals surface area contributed by atoms with Gasteiger partial charge in [0.1, 0.15) is 5.82 Å². The van der Waals surface area contributed by atoms with Crippen LogP contribution in [-0.4, -0.2) is 9.97 Å². The molecule has 2 N–H and O–H groups in total. The molecule has 0 amide bonds. The first-order valence-electron chi connectivity index (χ1n) is 7.65. The number of H-pyrrole nitrogens is 1. The Kier molecular flexibility index (Phi) is 4.40. The van der Waals surface area contributed by atoms with Crippen molar-refractivity contribution in [2.24, 2.45) is 0 Å². The molecule has 0 fully saturated rings. The van der Waals surface area contributed by atoms with Crippen molar-refractivity contribution in [2.75, 3.05) is 0 Å². The van der Waals surface area contributed by atoms with Crippen LogP contribution in [0.25, 0.3) is 10.9 Å². The first kappa shape index (κ1) is 16.3. The third-order valence-electron chi connectivity index (χ3n) is 3.98. The Hall–Kier alpha value is -2.60. The monoisotopic (exact) mass is 329 g/mol. The van der Waals surface area contributed by atoms with Crippen molar-refractivity contribution in [3.8, 4) is 0 Å². The van der Waals surface area contributed by atoms with E-state index in [1.54, 1.807) is 18.2 Å². The van der Waals surface area contributed by atoms with Gasteiger partial charge in [0.05, 0.1) is 16.9 Å². The molecule has 124 valence electrons. The van der Waals surface area contributed by atoms with Gasteiger partial charge in [-0.05, 0) is 43.7 Å². The van der Waals surface area contributed by atoms with E-state index in [-0.39, 0.29) is 17.6 Å². The summed E-state index contributed by atoms with van der Waals surface area (Å²) < 4.78 is 26.4. The second kappa shape index (κ2) is 6.49. The van der Waals surface area contributed by atoms with Gasteiger partial charge in [-0.15, -0.1) is 0 Å². The zero-order chi connectivity index (χ0) is 17.3. The number of halogens is 2. The highest BCUT2D eigenvalue weighted by molar-refractivity contribution is 5.77. The van der Waals surface area contributed by atoms with E-state index in [4.69, 9.17) is 0 Å². The highest BCUT2D eigenvalue weighted by atomic mass is 19.2. The molecule has 0 spiro atoms. The highest BCUT2D eigenvalue weighted by Gasteiger charge is 2.15. The number of para-hydroxylation sites is 1. The topological polar surface area (TPSA) is 57.8 Å². The largest absolute Gasteiger partial charge is 0.309 e. The predicted octanol–water partition coefficient (Wildman–Crippen LogP) is 3.61. The van der Waals surface area contributed by atoms with E-state index in [9.17, 15) is 13.6 Å². The Morgan fingerprint density at radius 1 is 1.04 bits per heavy atom. The van der Waals surface area contributed by atoms with Gasteiger partial charge in [-0.3, -0.25) is 4.79 Å². The molecule has 0 aliphatic heterocycles. The van der Waals surface area contributed by atoms with Gasteiger partial charge in [0.2, 0.25) is 0 Å². The van der Waals surface area contributed by atoms with Crippen LogP contribution >= 0.6 is 0 Å². The fraction of sp³-hybridized carbons (Fsp3) is 0.222. The molecule has 1 heterocycles. The Labute approximate surface area is 137 Å². The maximum Gasteiger partial charge on any atom is 0.258 e. The van der Waals surface area contributed by atoms with Crippen LogP contribution in [0.4, 0.5) is 8.78 Å². The van der Waals surface area contributed by atoms with Crippen LogP contribution in [0, 0.1) is 11.6 Å². The average molecular weight is 329 g/mol. The molecule has 6 heteroatoms. The van der Waals surface area contributed by atoms with Crippen LogP contribution < -0.4 is 10.9 Å². The molecule has 3 aromatic rings. The number of nitrogens with zero attached hydrogens (tertiary/aromatic N) is 1. The molecule has 2 atom stereocenters. The summed E-state index contributed by atoms with van der Waals surface area (Å²) in [5, 5.41) is 3.76. The lowest BCUT2D eigenvalue weighted by atomic mass is 10.1. The fourth-order valence-corrected chi connectivity index (χ4v) is 2.64. The van der Waals surface area contributed by atoms with E-state index in [1.807, 2.05) is 19.9 Å². The van der Waals surface area contributed by atoms with E-state index < -0.39 is 11.6 Å². The molecule has 4 nitrogen and oxygen atoms in total. The van der Waals surface area contributed by atoms with Gasteiger partial charge in [-0.2, -0.15) is 0 Å². The summed E-state index contributed by atoms with van der Waals surface area (Å²) in [6.45, 7) is 3.69. The number of hydrogen-bond donors (Lipinski definition) is 2. The van der Waals surface area contributed by atoms with Gasteiger partial charge in [-0.1, -0.05) is 18.2 Å². The number of hydrogen-bond acceptors (Lipinski definition) is 3. The van der Waals surface area contributed by atoms with Gasteiger partial charge < -0.3 is 10.3 Å². The van der Waals surface area contributed by atoms with Gasteiger partial charge in [0.15, 0.2) is 11.6 Å². The minimum atomic E-state index is -0.883. The molecule has 24 heavy (non-hydrogen) atoms. The minimum absolute atomic E-state index is 0.204. The zero-order valence-electron chi connectivity index (χ0n) is 13.3. The van der Waals surface area contributed by atoms with Gasteiger partial charge >= 0.3 is 0 Å². The fourth-order valence-electron chi connectivity index (χ4n) is 2.64. The average Bonchev–Trinajstić information content (AvgIpc) is 2.57. The molecule has 3 rings (SSSR count). The van der Waals surface area contributed by atoms with Gasteiger partial charge in [-0.25, -0.2) is 13.8 Å². The maximum absolute atomic E-state index is 13.4. The number of rotatable bonds is 4. The molecule has 2 aromatic carbocycles. The SMILES string of the molecule is C[C@H](N[C@@H](C)c1nc2ccccc2c(=O)[nH]1)c1ccc(F)c(F)c1. The number of nitrogens with one attached hydrogen (secondary N) is 2. The highest BCUT2D eigenvalue weighted by Crippen LogP contribution is 2.20. The minimum Gasteiger partial charge on any atom is -0.309 e. The van der Waals surface area contributed by atoms with E-state index in [0.29, 0.717) is 22.3 Å². The molecule has 0 saturated carbocycles. The molecule has 0 bridgehead atoms. The van der Waals surface area contributed by atoms with Crippen molar-refractivity contribution in [1.29, 1.82) is 0 Å². The summed E-state index contributed by atoms with van der Waals surface area (Å²) in [7, 11) is 0. The Morgan fingerprint density at radius 2 is 1.79 bits per heavy atom. The zero-order valence-corrected chi connectivity index (χ0v) is 13.3. The quantitative estimate of drug-likeness (QED) is 0.769. The predicted molar refractivity (Wildman–Crippen MR) is 88.7 cm³/mol. The Balaban J connectivity index is 1.85. The van der Waals surface area contributed by atoms with E-state index in [1.165, 1.54) is 6.07 Å². The molecule has 0 aliphatic rings. The van der Waals surface area contributed by atoms with Crippen LogP contribution in [-0.2, 0) is 0 Å².